The summed E-state index contributed by atoms with van der Waals surface area (Å²) in [7, 11) is 1.70. The van der Waals surface area contributed by atoms with E-state index in [-0.39, 0.29) is 11.5 Å². The van der Waals surface area contributed by atoms with Gasteiger partial charge in [0, 0.05) is 5.41 Å². The van der Waals surface area contributed by atoms with Crippen molar-refractivity contribution in [3.63, 3.8) is 0 Å². The Balaban J connectivity index is 1.66. The van der Waals surface area contributed by atoms with Gasteiger partial charge in [0.25, 0.3) is 0 Å². The second kappa shape index (κ2) is 4.74. The quantitative estimate of drug-likeness (QED) is 0.900. The Hall–Kier alpha value is -1.02. The molecule has 2 heteroatoms. The highest BCUT2D eigenvalue weighted by Crippen LogP contribution is 2.64. The summed E-state index contributed by atoms with van der Waals surface area (Å²) >= 11 is 0. The van der Waals surface area contributed by atoms with Crippen molar-refractivity contribution in [2.45, 2.75) is 51.6 Å². The minimum atomic E-state index is -0.295. The Morgan fingerprint density at radius 1 is 1.10 bits per heavy atom. The highest BCUT2D eigenvalue weighted by molar-refractivity contribution is 5.37. The lowest BCUT2D eigenvalue weighted by atomic mass is 9.47. The van der Waals surface area contributed by atoms with Crippen LogP contribution in [0.2, 0.25) is 0 Å². The molecule has 114 valence electrons. The summed E-state index contributed by atoms with van der Waals surface area (Å²) in [6.45, 7) is 2.10. The van der Waals surface area contributed by atoms with Crippen molar-refractivity contribution in [2.24, 2.45) is 23.2 Å². The zero-order chi connectivity index (χ0) is 14.6. The maximum Gasteiger partial charge on any atom is 0.119 e. The van der Waals surface area contributed by atoms with Gasteiger partial charge in [-0.05, 0) is 86.5 Å². The standard InChI is InChI=1S/C19H26O2/c1-12-5-16(21-2)3-4-17(12)18(20)19-9-13-6-14(10-19)8-15(7-13)11-19/h3-5,13-15,18,20H,6-11H2,1-2H3. The van der Waals surface area contributed by atoms with Crippen LogP contribution in [0.3, 0.4) is 0 Å². The molecule has 0 heterocycles. The van der Waals surface area contributed by atoms with Crippen LogP contribution in [0.1, 0.15) is 55.8 Å². The van der Waals surface area contributed by atoms with Crippen molar-refractivity contribution in [1.82, 2.24) is 0 Å². The summed E-state index contributed by atoms with van der Waals surface area (Å²) in [6.07, 6.45) is 7.70. The van der Waals surface area contributed by atoms with Crippen LogP contribution < -0.4 is 4.74 Å². The fourth-order valence-corrected chi connectivity index (χ4v) is 5.92. The molecular weight excluding hydrogens is 260 g/mol. The lowest BCUT2D eigenvalue weighted by molar-refractivity contribution is -0.122. The molecular formula is C19H26O2. The molecule has 1 aromatic carbocycles. The van der Waals surface area contributed by atoms with Gasteiger partial charge in [0.2, 0.25) is 0 Å². The second-order valence-corrected chi connectivity index (χ2v) is 7.90. The van der Waals surface area contributed by atoms with Crippen molar-refractivity contribution >= 4 is 0 Å². The number of aryl methyl sites for hydroxylation is 1. The molecule has 21 heavy (non-hydrogen) atoms. The van der Waals surface area contributed by atoms with E-state index in [1.54, 1.807) is 7.11 Å². The van der Waals surface area contributed by atoms with E-state index in [1.807, 2.05) is 6.07 Å². The Bertz CT molecular complexity index is 513. The summed E-state index contributed by atoms with van der Waals surface area (Å²) in [5.41, 5.74) is 2.45. The largest absolute Gasteiger partial charge is 0.497 e. The Labute approximate surface area is 127 Å². The van der Waals surface area contributed by atoms with Gasteiger partial charge in [-0.25, -0.2) is 0 Å². The zero-order valence-electron chi connectivity index (χ0n) is 13.1. The number of aliphatic hydroxyl groups is 1. The van der Waals surface area contributed by atoms with E-state index >= 15 is 0 Å². The highest BCUT2D eigenvalue weighted by atomic mass is 16.5. The van der Waals surface area contributed by atoms with Crippen LogP contribution in [0.25, 0.3) is 0 Å². The summed E-state index contributed by atoms with van der Waals surface area (Å²) in [5, 5.41) is 11.2. The molecule has 0 aromatic heterocycles. The predicted molar refractivity (Wildman–Crippen MR) is 83.3 cm³/mol. The monoisotopic (exact) mass is 286 g/mol. The van der Waals surface area contributed by atoms with Gasteiger partial charge in [0.1, 0.15) is 5.75 Å². The molecule has 4 saturated carbocycles. The molecule has 5 rings (SSSR count). The summed E-state index contributed by atoms with van der Waals surface area (Å²) in [5.74, 6) is 3.52. The predicted octanol–water partition coefficient (Wildman–Crippen LogP) is 4.25. The van der Waals surface area contributed by atoms with Crippen molar-refractivity contribution in [1.29, 1.82) is 0 Å². The third-order valence-electron chi connectivity index (χ3n) is 6.44. The topological polar surface area (TPSA) is 29.5 Å². The first-order chi connectivity index (χ1) is 10.1. The molecule has 0 spiro atoms. The minimum Gasteiger partial charge on any atom is -0.497 e. The fraction of sp³-hybridized carbons (Fsp3) is 0.684. The molecule has 2 nitrogen and oxygen atoms in total. The maximum absolute atomic E-state index is 11.2. The SMILES string of the molecule is COc1ccc(C(O)C23CC4CC(CC(C4)C2)C3)c(C)c1. The van der Waals surface area contributed by atoms with Crippen LogP contribution >= 0.6 is 0 Å². The molecule has 0 amide bonds. The van der Waals surface area contributed by atoms with E-state index in [1.165, 1.54) is 38.5 Å². The molecule has 0 aliphatic heterocycles. The van der Waals surface area contributed by atoms with Crippen molar-refractivity contribution in [3.05, 3.63) is 29.3 Å². The van der Waals surface area contributed by atoms with Crippen LogP contribution in [0, 0.1) is 30.1 Å². The summed E-state index contributed by atoms with van der Waals surface area (Å²) in [6, 6.07) is 6.13. The van der Waals surface area contributed by atoms with E-state index in [0.29, 0.717) is 0 Å². The van der Waals surface area contributed by atoms with Crippen LogP contribution in [-0.2, 0) is 0 Å². The van der Waals surface area contributed by atoms with Crippen molar-refractivity contribution in [2.75, 3.05) is 7.11 Å². The molecule has 1 unspecified atom stereocenters. The van der Waals surface area contributed by atoms with Crippen molar-refractivity contribution < 1.29 is 9.84 Å². The van der Waals surface area contributed by atoms with Gasteiger partial charge in [-0.3, -0.25) is 0 Å². The normalized spacial score (nSPS) is 38.5. The van der Waals surface area contributed by atoms with E-state index in [9.17, 15) is 5.11 Å². The van der Waals surface area contributed by atoms with Gasteiger partial charge in [-0.15, -0.1) is 0 Å². The lowest BCUT2D eigenvalue weighted by Crippen LogP contribution is -2.49. The number of ether oxygens (including phenoxy) is 1. The number of methoxy groups -OCH3 is 1. The first kappa shape index (κ1) is 13.6. The third kappa shape index (κ3) is 2.11. The minimum absolute atomic E-state index is 0.161. The van der Waals surface area contributed by atoms with Crippen LogP contribution in [0.4, 0.5) is 0 Å². The lowest BCUT2D eigenvalue weighted by Gasteiger charge is -2.58. The molecule has 4 aliphatic rings. The van der Waals surface area contributed by atoms with E-state index in [4.69, 9.17) is 4.74 Å². The van der Waals surface area contributed by atoms with Crippen LogP contribution in [0.15, 0.2) is 18.2 Å². The van der Waals surface area contributed by atoms with Gasteiger partial charge in [-0.1, -0.05) is 6.07 Å². The van der Waals surface area contributed by atoms with Gasteiger partial charge in [0.05, 0.1) is 13.2 Å². The Kier molecular flexibility index (Phi) is 3.08. The van der Waals surface area contributed by atoms with E-state index in [0.717, 1.165) is 34.6 Å². The molecule has 1 aromatic rings. The average Bonchev–Trinajstić information content (AvgIpc) is 2.45. The number of aliphatic hydroxyl groups excluding tert-OH is 1. The molecule has 4 bridgehead atoms. The smallest absolute Gasteiger partial charge is 0.119 e. The van der Waals surface area contributed by atoms with Crippen molar-refractivity contribution in [3.8, 4) is 5.75 Å². The zero-order valence-corrected chi connectivity index (χ0v) is 13.1. The maximum atomic E-state index is 11.2. The molecule has 0 radical (unpaired) electrons. The number of hydrogen-bond acceptors (Lipinski definition) is 2. The Morgan fingerprint density at radius 3 is 2.14 bits per heavy atom. The van der Waals surface area contributed by atoms with Gasteiger partial charge >= 0.3 is 0 Å². The highest BCUT2D eigenvalue weighted by Gasteiger charge is 2.54. The number of hydrogen-bond donors (Lipinski definition) is 1. The van der Waals surface area contributed by atoms with Gasteiger partial charge in [-0.2, -0.15) is 0 Å². The van der Waals surface area contributed by atoms with E-state index < -0.39 is 0 Å². The van der Waals surface area contributed by atoms with Gasteiger partial charge in [0.15, 0.2) is 0 Å². The fourth-order valence-electron chi connectivity index (χ4n) is 5.92. The molecule has 1 atom stereocenters. The Morgan fingerprint density at radius 2 is 1.67 bits per heavy atom. The molecule has 4 aliphatic carbocycles. The molecule has 0 saturated heterocycles. The first-order valence-corrected chi connectivity index (χ1v) is 8.42. The van der Waals surface area contributed by atoms with Crippen LogP contribution in [-0.4, -0.2) is 12.2 Å². The first-order valence-electron chi connectivity index (χ1n) is 8.42. The second-order valence-electron chi connectivity index (χ2n) is 7.90. The summed E-state index contributed by atoms with van der Waals surface area (Å²) in [4.78, 5) is 0. The molecule has 4 fully saturated rings. The van der Waals surface area contributed by atoms with Crippen LogP contribution in [0.5, 0.6) is 5.75 Å². The third-order valence-corrected chi connectivity index (χ3v) is 6.44. The number of benzene rings is 1. The summed E-state index contributed by atoms with van der Waals surface area (Å²) < 4.78 is 5.30. The average molecular weight is 286 g/mol. The number of rotatable bonds is 3. The van der Waals surface area contributed by atoms with E-state index in [2.05, 4.69) is 19.1 Å². The molecule has 1 N–H and O–H groups in total. The van der Waals surface area contributed by atoms with Gasteiger partial charge < -0.3 is 9.84 Å².